The molecule has 0 radical (unpaired) electrons. The molecule has 3 heterocycles. The number of carboxylic acid groups (broad SMARTS) is 1. The molecule has 3 atom stereocenters. The molecule has 3 aliphatic heterocycles. The van der Waals surface area contributed by atoms with E-state index in [4.69, 9.17) is 4.42 Å². The fourth-order valence-electron chi connectivity index (χ4n) is 7.17. The summed E-state index contributed by atoms with van der Waals surface area (Å²) >= 11 is 1.89. The van der Waals surface area contributed by atoms with Crippen LogP contribution in [0.15, 0.2) is 63.8 Å². The Kier molecular flexibility index (Phi) is 11.4. The number of rotatable bonds is 15. The lowest BCUT2D eigenvalue weighted by atomic mass is 9.89. The van der Waals surface area contributed by atoms with Gasteiger partial charge in [-0.3, -0.25) is 14.4 Å². The first-order valence-corrected chi connectivity index (χ1v) is 18.8. The highest BCUT2D eigenvalue weighted by molar-refractivity contribution is 8.00. The van der Waals surface area contributed by atoms with Crippen molar-refractivity contribution < 1.29 is 33.8 Å². The monoisotopic (exact) mass is 728 g/mol. The Morgan fingerprint density at radius 1 is 0.865 bits per heavy atom. The number of fused-ring (bicyclic) bond motifs is 3. The number of benzene rings is 3. The Bertz CT molecular complexity index is 2010. The molecule has 0 aromatic heterocycles. The number of nitrogens with zero attached hydrogens (tertiary/aromatic N) is 2. The highest BCUT2D eigenvalue weighted by Gasteiger charge is 2.42. The van der Waals surface area contributed by atoms with Gasteiger partial charge in [0.15, 0.2) is 5.43 Å². The van der Waals surface area contributed by atoms with Crippen LogP contribution in [0.25, 0.3) is 33.4 Å². The zero-order valence-electron chi connectivity index (χ0n) is 29.4. The second-order valence-electron chi connectivity index (χ2n) is 13.7. The quantitative estimate of drug-likeness (QED) is 0.0673. The predicted octanol–water partition coefficient (Wildman–Crippen LogP) is 5.79. The first-order valence-electron chi connectivity index (χ1n) is 17.8. The van der Waals surface area contributed by atoms with E-state index in [0.29, 0.717) is 52.4 Å². The van der Waals surface area contributed by atoms with Gasteiger partial charge in [-0.05, 0) is 73.7 Å². The summed E-state index contributed by atoms with van der Waals surface area (Å²) in [6.45, 7) is 1.18. The van der Waals surface area contributed by atoms with E-state index in [-0.39, 0.29) is 58.0 Å². The van der Waals surface area contributed by atoms with Crippen LogP contribution in [0.3, 0.4) is 0 Å². The van der Waals surface area contributed by atoms with Crippen LogP contribution < -0.4 is 16.1 Å². The lowest BCUT2D eigenvalue weighted by Gasteiger charge is -2.20. The maximum atomic E-state index is 13.6. The van der Waals surface area contributed by atoms with Crippen molar-refractivity contribution in [3.05, 3.63) is 75.9 Å². The van der Waals surface area contributed by atoms with E-state index < -0.39 is 5.97 Å². The Balaban J connectivity index is 0.995. The fourth-order valence-corrected chi connectivity index (χ4v) is 8.72. The van der Waals surface area contributed by atoms with Crippen molar-refractivity contribution in [3.63, 3.8) is 0 Å². The van der Waals surface area contributed by atoms with Crippen molar-refractivity contribution in [1.29, 1.82) is 0 Å². The fraction of sp³-hybridized carbons (Fsp3) is 0.410. The maximum Gasteiger partial charge on any atom is 0.336 e. The number of carboxylic acids is 1. The second-order valence-corrected chi connectivity index (χ2v) is 15.0. The number of aromatic carboxylic acids is 1. The first-order chi connectivity index (χ1) is 25.0. The summed E-state index contributed by atoms with van der Waals surface area (Å²) in [5.74, 6) is -0.171. The van der Waals surface area contributed by atoms with Crippen LogP contribution in [-0.4, -0.2) is 94.1 Å². The van der Waals surface area contributed by atoms with Gasteiger partial charge in [0, 0.05) is 78.8 Å². The van der Waals surface area contributed by atoms with Crippen LogP contribution in [0.4, 0.5) is 4.79 Å². The summed E-state index contributed by atoms with van der Waals surface area (Å²) in [6, 6.07) is 13.6. The van der Waals surface area contributed by atoms with Gasteiger partial charge in [-0.2, -0.15) is 11.8 Å². The predicted molar refractivity (Wildman–Crippen MR) is 200 cm³/mol. The van der Waals surface area contributed by atoms with Crippen LogP contribution in [0.1, 0.15) is 72.1 Å². The van der Waals surface area contributed by atoms with Crippen LogP contribution in [0.2, 0.25) is 0 Å². The summed E-state index contributed by atoms with van der Waals surface area (Å²) in [7, 11) is 3.56. The molecule has 274 valence electrons. The molecule has 0 spiro atoms. The van der Waals surface area contributed by atoms with Gasteiger partial charge in [-0.1, -0.05) is 19.3 Å². The van der Waals surface area contributed by atoms with Crippen LogP contribution in [0.5, 0.6) is 5.75 Å². The molecule has 52 heavy (non-hydrogen) atoms. The molecule has 2 aromatic carbocycles. The molecule has 2 unspecified atom stereocenters. The highest BCUT2D eigenvalue weighted by Crippen LogP contribution is 2.42. The van der Waals surface area contributed by atoms with Gasteiger partial charge in [0.05, 0.1) is 17.6 Å². The molecule has 2 saturated heterocycles. The van der Waals surface area contributed by atoms with Crippen LogP contribution in [0, 0.1) is 0 Å². The molecule has 13 heteroatoms. The third-order valence-corrected chi connectivity index (χ3v) is 11.5. The average molecular weight is 729 g/mol. The smallest absolute Gasteiger partial charge is 0.336 e. The summed E-state index contributed by atoms with van der Waals surface area (Å²) < 4.78 is 5.92. The van der Waals surface area contributed by atoms with Crippen molar-refractivity contribution in [2.45, 2.75) is 68.7 Å². The van der Waals surface area contributed by atoms with Crippen LogP contribution in [-0.2, 0) is 4.79 Å². The number of hydrogen-bond acceptors (Lipinski definition) is 8. The zero-order valence-corrected chi connectivity index (χ0v) is 30.2. The van der Waals surface area contributed by atoms with E-state index in [1.54, 1.807) is 35.0 Å². The van der Waals surface area contributed by atoms with Crippen molar-refractivity contribution in [2.24, 2.45) is 0 Å². The molecule has 12 nitrogen and oxygen atoms in total. The van der Waals surface area contributed by atoms with E-state index >= 15 is 0 Å². The Labute approximate surface area is 305 Å². The van der Waals surface area contributed by atoms with E-state index in [1.807, 2.05) is 18.8 Å². The summed E-state index contributed by atoms with van der Waals surface area (Å²) in [4.78, 5) is 65.8. The van der Waals surface area contributed by atoms with Crippen molar-refractivity contribution in [1.82, 2.24) is 20.4 Å². The number of unbranched alkanes of at least 4 members (excludes halogenated alkanes) is 4. The molecule has 6 rings (SSSR count). The molecule has 0 saturated carbocycles. The van der Waals surface area contributed by atoms with E-state index in [1.165, 1.54) is 36.4 Å². The summed E-state index contributed by atoms with van der Waals surface area (Å²) in [5.41, 5.74) is 1.55. The Morgan fingerprint density at radius 2 is 1.63 bits per heavy atom. The summed E-state index contributed by atoms with van der Waals surface area (Å²) in [6.07, 6.45) is 6.74. The lowest BCUT2D eigenvalue weighted by molar-refractivity contribution is -0.130. The zero-order chi connectivity index (χ0) is 36.9. The molecular weight excluding hydrogens is 685 g/mol. The molecule has 4 N–H and O–H groups in total. The molecule has 4 aliphatic rings. The van der Waals surface area contributed by atoms with E-state index in [0.717, 1.165) is 50.7 Å². The molecule has 2 aromatic rings. The third-order valence-electron chi connectivity index (χ3n) is 10.0. The van der Waals surface area contributed by atoms with Gasteiger partial charge in [0.1, 0.15) is 17.1 Å². The first kappa shape index (κ1) is 36.7. The van der Waals surface area contributed by atoms with Gasteiger partial charge in [0.2, 0.25) is 5.91 Å². The molecule has 2 fully saturated rings. The largest absolute Gasteiger partial charge is 0.508 e. The highest BCUT2D eigenvalue weighted by atomic mass is 32.2. The minimum Gasteiger partial charge on any atom is -0.508 e. The average Bonchev–Trinajstić information content (AvgIpc) is 3.68. The number of phenolic OH excluding ortho intramolecular Hbond substituents is 1. The van der Waals surface area contributed by atoms with E-state index in [9.17, 15) is 34.2 Å². The van der Waals surface area contributed by atoms with Gasteiger partial charge in [-0.15, -0.1) is 0 Å². The number of carbonyl (C=O) groups excluding carboxylic acids is 3. The van der Waals surface area contributed by atoms with Gasteiger partial charge >= 0.3 is 12.0 Å². The van der Waals surface area contributed by atoms with Crippen molar-refractivity contribution in [2.75, 3.05) is 32.9 Å². The minimum atomic E-state index is -1.17. The number of urea groups is 1. The third kappa shape index (κ3) is 8.20. The minimum absolute atomic E-state index is 0.0185. The summed E-state index contributed by atoms with van der Waals surface area (Å²) in [5, 5.41) is 27.1. The maximum absolute atomic E-state index is 13.6. The number of nitrogens with one attached hydrogen (secondary N) is 2. The van der Waals surface area contributed by atoms with Gasteiger partial charge in [0.25, 0.3) is 5.91 Å². The van der Waals surface area contributed by atoms with E-state index in [2.05, 4.69) is 10.6 Å². The number of hydrogen-bond donors (Lipinski definition) is 4. The molecule has 4 amide bonds. The topological polar surface area (TPSA) is 169 Å². The number of thioether (sulfide) groups is 1. The van der Waals surface area contributed by atoms with Gasteiger partial charge in [-0.25, -0.2) is 9.59 Å². The lowest BCUT2D eigenvalue weighted by Crippen LogP contribution is -2.36. The molecule has 0 bridgehead atoms. The molecule has 1 aliphatic carbocycles. The van der Waals surface area contributed by atoms with Gasteiger partial charge < -0.3 is 35.1 Å². The number of amides is 4. The van der Waals surface area contributed by atoms with Crippen LogP contribution >= 0.6 is 11.8 Å². The number of carbonyl (C=O) groups is 4. The molecular formula is C39H44N4O8S. The number of aromatic hydroxyl groups is 1. The Morgan fingerprint density at radius 3 is 2.40 bits per heavy atom. The van der Waals surface area contributed by atoms with Crippen molar-refractivity contribution in [3.8, 4) is 28.2 Å². The second kappa shape index (κ2) is 16.1. The number of phenols is 1. The standard InChI is InChI=1S/C39H44N4O8S/c1-42(34(46)10-6-5-9-33-36-30(22-52-33)40-39(50)41-36)17-7-3-4-8-18-43(2)37(47)23-11-14-26(38(48)49)29(19-23)35-27-15-12-24(44)20-31(27)51-32-21-25(45)13-16-28(32)35/h11-16,19-21,30,33,36,44H,3-10,17-18,22H2,1-2H3,(H,48,49)(H2,40,41,50)/t30?,33-,36?/m0/s1. The van der Waals surface area contributed by atoms with Crippen molar-refractivity contribution >= 4 is 46.5 Å². The normalized spacial score (nSPS) is 17.9. The SMILES string of the molecule is CN(CCCCCCN(C)C(=O)c1ccc(C(=O)O)c(-c2c3ccc(=O)cc-3oc3cc(O)ccc23)c1)C(=O)CCCC[C@@H]1SCC2NC(=O)NC21. The Hall–Kier alpha value is -5.04.